The average Bonchev–Trinajstić information content (AvgIpc) is 2.80. The highest BCUT2D eigenvalue weighted by Crippen LogP contribution is 2.46. The summed E-state index contributed by atoms with van der Waals surface area (Å²) in [5.74, 6) is 1.45. The summed E-state index contributed by atoms with van der Waals surface area (Å²) in [7, 11) is 4.56. The van der Waals surface area contributed by atoms with Crippen molar-refractivity contribution in [2.75, 3.05) is 26.6 Å². The van der Waals surface area contributed by atoms with E-state index in [0.29, 0.717) is 39.3 Å². The lowest BCUT2D eigenvalue weighted by Gasteiger charge is -2.26. The molecule has 0 fully saturated rings. The van der Waals surface area contributed by atoms with Gasteiger partial charge in [-0.1, -0.05) is 47.7 Å². The molecular weight excluding hydrogens is 442 g/mol. The molecule has 0 spiro atoms. The number of rotatable bonds is 7. The van der Waals surface area contributed by atoms with Crippen molar-refractivity contribution < 1.29 is 19.0 Å². The van der Waals surface area contributed by atoms with Crippen LogP contribution in [0.2, 0.25) is 0 Å². The fourth-order valence-electron chi connectivity index (χ4n) is 4.04. The Morgan fingerprint density at radius 3 is 2.55 bits per heavy atom. The van der Waals surface area contributed by atoms with Gasteiger partial charge in [0.05, 0.1) is 26.9 Å². The number of aromatic nitrogens is 2. The zero-order valence-corrected chi connectivity index (χ0v) is 19.7. The third kappa shape index (κ3) is 4.54. The number of hydrogen-bond donors (Lipinski definition) is 2. The van der Waals surface area contributed by atoms with E-state index in [4.69, 9.17) is 14.2 Å². The van der Waals surface area contributed by atoms with Crippen LogP contribution in [0.3, 0.4) is 0 Å². The molecule has 0 radical (unpaired) electrons. The van der Waals surface area contributed by atoms with Gasteiger partial charge >= 0.3 is 0 Å². The van der Waals surface area contributed by atoms with Crippen LogP contribution in [0.5, 0.6) is 17.2 Å². The Balaban J connectivity index is 1.73. The van der Waals surface area contributed by atoms with Crippen LogP contribution in [0, 0.1) is 6.92 Å². The molecule has 1 amide bonds. The van der Waals surface area contributed by atoms with E-state index in [1.165, 1.54) is 38.7 Å². The van der Waals surface area contributed by atoms with E-state index >= 15 is 0 Å². The lowest BCUT2D eigenvalue weighted by Crippen LogP contribution is -2.31. The molecule has 1 atom stereocenters. The summed E-state index contributed by atoms with van der Waals surface area (Å²) < 4.78 is 16.4. The lowest BCUT2D eigenvalue weighted by molar-refractivity contribution is -0.116. The summed E-state index contributed by atoms with van der Waals surface area (Å²) in [6.07, 6.45) is 0.0827. The van der Waals surface area contributed by atoms with Gasteiger partial charge in [-0.3, -0.25) is 9.59 Å². The number of anilines is 1. The minimum atomic E-state index is -0.546. The van der Waals surface area contributed by atoms with Gasteiger partial charge < -0.3 is 24.5 Å². The number of nitrogens with one attached hydrogen (secondary N) is 2. The molecule has 2 N–H and O–H groups in total. The van der Waals surface area contributed by atoms with Crippen LogP contribution in [-0.4, -0.2) is 37.2 Å². The smallest absolute Gasteiger partial charge is 0.257 e. The first-order valence-corrected chi connectivity index (χ1v) is 11.3. The molecule has 2 aromatic carbocycles. The summed E-state index contributed by atoms with van der Waals surface area (Å²) in [6, 6.07) is 11.7. The number of nitrogens with zero attached hydrogens (tertiary/aromatic N) is 1. The number of aryl methyl sites for hydroxylation is 1. The maximum atomic E-state index is 13.2. The minimum absolute atomic E-state index is 0.0827. The van der Waals surface area contributed by atoms with Crippen LogP contribution < -0.4 is 25.1 Å². The lowest BCUT2D eigenvalue weighted by atomic mass is 9.86. The van der Waals surface area contributed by atoms with Crippen LogP contribution in [0.15, 0.2) is 46.3 Å². The standard InChI is InChI=1S/C24H25N3O5S/c1-13-6-5-7-14(10-13)12-33-24-26-22-19(23(29)27-24)16(11-18(28)25-22)15-8-9-17(30-2)21(32-4)20(15)31-3/h5-10,16H,11-12H2,1-4H3,(H2,25,26,27,28,29)/t16-/m1/s1. The molecule has 4 rings (SSSR count). The molecule has 172 valence electrons. The number of H-pyrrole nitrogens is 1. The molecule has 0 saturated heterocycles. The number of carbonyl (C=O) groups is 1. The van der Waals surface area contributed by atoms with E-state index in [0.717, 1.165) is 5.56 Å². The average molecular weight is 468 g/mol. The van der Waals surface area contributed by atoms with Crippen LogP contribution in [-0.2, 0) is 10.5 Å². The van der Waals surface area contributed by atoms with Crippen molar-refractivity contribution in [3.05, 3.63) is 69.0 Å². The number of methoxy groups -OCH3 is 3. The van der Waals surface area contributed by atoms with Crippen LogP contribution in [0.4, 0.5) is 5.82 Å². The summed E-state index contributed by atoms with van der Waals surface area (Å²) in [5.41, 5.74) is 3.03. The third-order valence-electron chi connectivity index (χ3n) is 5.50. The van der Waals surface area contributed by atoms with Gasteiger partial charge in [-0.05, 0) is 18.6 Å². The first-order chi connectivity index (χ1) is 15.9. The van der Waals surface area contributed by atoms with Gasteiger partial charge in [-0.25, -0.2) is 4.98 Å². The second kappa shape index (κ2) is 9.58. The second-order valence-electron chi connectivity index (χ2n) is 7.64. The normalized spacial score (nSPS) is 14.9. The predicted octanol–water partition coefficient (Wildman–Crippen LogP) is 3.87. The molecule has 1 aliphatic heterocycles. The highest BCUT2D eigenvalue weighted by Gasteiger charge is 2.34. The van der Waals surface area contributed by atoms with Gasteiger partial charge in [0.15, 0.2) is 16.7 Å². The zero-order chi connectivity index (χ0) is 23.5. The first-order valence-electron chi connectivity index (χ1n) is 10.4. The molecule has 3 aromatic rings. The van der Waals surface area contributed by atoms with E-state index < -0.39 is 5.92 Å². The van der Waals surface area contributed by atoms with Gasteiger partial charge in [-0.2, -0.15) is 0 Å². The van der Waals surface area contributed by atoms with Crippen molar-refractivity contribution in [2.45, 2.75) is 30.2 Å². The van der Waals surface area contributed by atoms with Crippen LogP contribution in [0.1, 0.15) is 34.6 Å². The maximum Gasteiger partial charge on any atom is 0.257 e. The molecule has 0 aliphatic carbocycles. The number of amides is 1. The molecule has 2 heterocycles. The molecular formula is C24H25N3O5S. The Hall–Kier alpha value is -3.46. The molecule has 1 aromatic heterocycles. The van der Waals surface area contributed by atoms with E-state index in [2.05, 4.69) is 21.4 Å². The topological polar surface area (TPSA) is 103 Å². The van der Waals surface area contributed by atoms with Crippen LogP contribution >= 0.6 is 11.8 Å². The monoisotopic (exact) mass is 467 g/mol. The highest BCUT2D eigenvalue weighted by atomic mass is 32.2. The molecule has 0 bridgehead atoms. The zero-order valence-electron chi connectivity index (χ0n) is 18.9. The summed E-state index contributed by atoms with van der Waals surface area (Å²) in [4.78, 5) is 33.1. The summed E-state index contributed by atoms with van der Waals surface area (Å²) >= 11 is 1.41. The Bertz CT molecular complexity index is 1260. The maximum absolute atomic E-state index is 13.2. The fourth-order valence-corrected chi connectivity index (χ4v) is 4.84. The van der Waals surface area contributed by atoms with Gasteiger partial charge in [0.1, 0.15) is 5.82 Å². The van der Waals surface area contributed by atoms with Gasteiger partial charge in [0.2, 0.25) is 11.7 Å². The quantitative estimate of drug-likeness (QED) is 0.402. The number of fused-ring (bicyclic) bond motifs is 1. The van der Waals surface area contributed by atoms with Crippen molar-refractivity contribution in [3.8, 4) is 17.2 Å². The first kappa shape index (κ1) is 22.7. The van der Waals surface area contributed by atoms with Gasteiger partial charge in [0, 0.05) is 23.7 Å². The largest absolute Gasteiger partial charge is 0.493 e. The van der Waals surface area contributed by atoms with Crippen molar-refractivity contribution >= 4 is 23.5 Å². The van der Waals surface area contributed by atoms with E-state index in [9.17, 15) is 9.59 Å². The van der Waals surface area contributed by atoms with Gasteiger partial charge in [0.25, 0.3) is 5.56 Å². The molecule has 1 aliphatic rings. The number of hydrogen-bond acceptors (Lipinski definition) is 7. The Morgan fingerprint density at radius 1 is 1.06 bits per heavy atom. The summed E-state index contributed by atoms with van der Waals surface area (Å²) in [5, 5.41) is 3.20. The Labute approximate surface area is 195 Å². The van der Waals surface area contributed by atoms with Crippen molar-refractivity contribution in [1.82, 2.24) is 9.97 Å². The number of benzene rings is 2. The molecule has 0 unspecified atom stereocenters. The molecule has 0 saturated carbocycles. The molecule has 9 heteroatoms. The van der Waals surface area contributed by atoms with E-state index in [-0.39, 0.29) is 23.7 Å². The number of carbonyl (C=O) groups excluding carboxylic acids is 1. The number of aromatic amines is 1. The van der Waals surface area contributed by atoms with Crippen LogP contribution in [0.25, 0.3) is 0 Å². The summed E-state index contributed by atoms with van der Waals surface area (Å²) in [6.45, 7) is 2.03. The van der Waals surface area contributed by atoms with Gasteiger partial charge in [-0.15, -0.1) is 0 Å². The fraction of sp³-hybridized carbons (Fsp3) is 0.292. The van der Waals surface area contributed by atoms with E-state index in [1.807, 2.05) is 25.1 Å². The van der Waals surface area contributed by atoms with Crippen molar-refractivity contribution in [1.29, 1.82) is 0 Å². The van der Waals surface area contributed by atoms with E-state index in [1.54, 1.807) is 12.1 Å². The Kier molecular flexibility index (Phi) is 6.60. The Morgan fingerprint density at radius 2 is 1.85 bits per heavy atom. The second-order valence-corrected chi connectivity index (χ2v) is 8.60. The van der Waals surface area contributed by atoms with Crippen molar-refractivity contribution in [2.24, 2.45) is 0 Å². The SMILES string of the molecule is COc1ccc([C@H]2CC(=O)Nc3nc(SCc4cccc(C)c4)[nH]c(=O)c32)c(OC)c1OC. The predicted molar refractivity (Wildman–Crippen MR) is 127 cm³/mol. The van der Waals surface area contributed by atoms with Crippen molar-refractivity contribution in [3.63, 3.8) is 0 Å². The highest BCUT2D eigenvalue weighted by molar-refractivity contribution is 7.98. The number of thioether (sulfide) groups is 1. The third-order valence-corrected chi connectivity index (χ3v) is 6.44. The number of ether oxygens (including phenoxy) is 3. The minimum Gasteiger partial charge on any atom is -0.493 e. The molecule has 33 heavy (non-hydrogen) atoms. The molecule has 8 nitrogen and oxygen atoms in total.